The lowest BCUT2D eigenvalue weighted by molar-refractivity contribution is 0.295. The van der Waals surface area contributed by atoms with Crippen LogP contribution in [0.15, 0.2) is 4.79 Å². The van der Waals surface area contributed by atoms with E-state index in [-0.39, 0.29) is 10.8 Å². The van der Waals surface area contributed by atoms with Crippen LogP contribution in [0.5, 0.6) is 0 Å². The van der Waals surface area contributed by atoms with Gasteiger partial charge in [-0.2, -0.15) is 0 Å². The van der Waals surface area contributed by atoms with E-state index in [2.05, 4.69) is 44.4 Å². The van der Waals surface area contributed by atoms with Gasteiger partial charge in [-0.1, -0.05) is 46.8 Å². The molecule has 0 heterocycles. The summed E-state index contributed by atoms with van der Waals surface area (Å²) in [6.07, 6.45) is 1.16. The molecule has 20 heavy (non-hydrogen) atoms. The van der Waals surface area contributed by atoms with E-state index in [0.29, 0.717) is 4.51 Å². The Balaban J connectivity index is 2.79. The zero-order valence-electron chi connectivity index (χ0n) is 13.7. The van der Waals surface area contributed by atoms with Crippen LogP contribution in [0, 0.1) is 4.51 Å². The van der Waals surface area contributed by atoms with Crippen molar-refractivity contribution in [1.82, 2.24) is 4.90 Å². The molecule has 3 nitrogen and oxygen atoms in total. The third kappa shape index (κ3) is 3.67. The van der Waals surface area contributed by atoms with Gasteiger partial charge in [-0.05, 0) is 24.9 Å². The molecule has 0 spiro atoms. The first-order valence-electron chi connectivity index (χ1n) is 7.51. The Morgan fingerprint density at radius 1 is 1.10 bits per heavy atom. The molecule has 4 heteroatoms. The van der Waals surface area contributed by atoms with E-state index in [0.717, 1.165) is 43.9 Å². The standard InChI is InChI=1S/C16H28N2OS/c1-7-9-18(8-2)11-10-17(6)13-12(16(3,4)5)15(20)14(13)19/h7-11H2,1-6H3. The minimum atomic E-state index is -0.0531. The van der Waals surface area contributed by atoms with Crippen molar-refractivity contribution in [2.45, 2.75) is 46.5 Å². The minimum absolute atomic E-state index is 0.0472. The number of likely N-dealkylation sites (N-methyl/N-ethyl adjacent to an activating group) is 2. The van der Waals surface area contributed by atoms with Crippen LogP contribution in [0.1, 0.15) is 46.6 Å². The monoisotopic (exact) mass is 296 g/mol. The molecule has 0 aliphatic heterocycles. The Morgan fingerprint density at radius 2 is 1.70 bits per heavy atom. The first-order valence-corrected chi connectivity index (χ1v) is 7.92. The van der Waals surface area contributed by atoms with Crippen molar-refractivity contribution in [3.8, 4) is 0 Å². The van der Waals surface area contributed by atoms with Crippen molar-refractivity contribution < 1.29 is 0 Å². The van der Waals surface area contributed by atoms with Crippen LogP contribution in [0.25, 0.3) is 0 Å². The fraction of sp³-hybridized carbons (Fsp3) is 0.750. The van der Waals surface area contributed by atoms with Crippen LogP contribution in [-0.4, -0.2) is 38.1 Å². The maximum atomic E-state index is 12.0. The Kier molecular flexibility index (Phi) is 5.90. The predicted molar refractivity (Wildman–Crippen MR) is 90.3 cm³/mol. The first kappa shape index (κ1) is 17.3. The fourth-order valence-corrected chi connectivity index (χ4v) is 3.09. The molecule has 1 rings (SSSR count). The van der Waals surface area contributed by atoms with Crippen LogP contribution < -0.4 is 10.3 Å². The predicted octanol–water partition coefficient (Wildman–Crippen LogP) is 3.12. The molecule has 114 valence electrons. The summed E-state index contributed by atoms with van der Waals surface area (Å²) in [7, 11) is 2.00. The highest BCUT2D eigenvalue weighted by atomic mass is 32.1. The van der Waals surface area contributed by atoms with Gasteiger partial charge in [0.05, 0.1) is 10.2 Å². The van der Waals surface area contributed by atoms with Crippen LogP contribution in [0.4, 0.5) is 5.69 Å². The van der Waals surface area contributed by atoms with Gasteiger partial charge in [0.25, 0.3) is 0 Å². The lowest BCUT2D eigenvalue weighted by atomic mass is 9.82. The third-order valence-electron chi connectivity index (χ3n) is 3.76. The summed E-state index contributed by atoms with van der Waals surface area (Å²) in [5.74, 6) is 0. The van der Waals surface area contributed by atoms with Crippen LogP contribution in [0.2, 0.25) is 0 Å². The zero-order chi connectivity index (χ0) is 15.5. The van der Waals surface area contributed by atoms with Gasteiger partial charge in [-0.25, -0.2) is 0 Å². The molecule has 0 unspecified atom stereocenters. The molecule has 0 aromatic heterocycles. The van der Waals surface area contributed by atoms with E-state index < -0.39 is 0 Å². The molecule has 0 N–H and O–H groups in total. The number of nitrogens with zero attached hydrogens (tertiary/aromatic N) is 2. The maximum absolute atomic E-state index is 12.0. The van der Waals surface area contributed by atoms with E-state index in [1.54, 1.807) is 0 Å². The second-order valence-electron chi connectivity index (χ2n) is 6.49. The van der Waals surface area contributed by atoms with Crippen molar-refractivity contribution in [3.63, 3.8) is 0 Å². The second kappa shape index (κ2) is 6.81. The Labute approximate surface area is 128 Å². The molecule has 0 aliphatic carbocycles. The van der Waals surface area contributed by atoms with Gasteiger partial charge >= 0.3 is 0 Å². The fourth-order valence-electron chi connectivity index (χ4n) is 2.59. The van der Waals surface area contributed by atoms with Crippen molar-refractivity contribution in [2.24, 2.45) is 0 Å². The van der Waals surface area contributed by atoms with Gasteiger partial charge in [-0.15, -0.1) is 0 Å². The first-order chi connectivity index (χ1) is 9.23. The van der Waals surface area contributed by atoms with Crippen molar-refractivity contribution in [1.29, 1.82) is 0 Å². The lowest BCUT2D eigenvalue weighted by Crippen LogP contribution is -2.39. The summed E-state index contributed by atoms with van der Waals surface area (Å²) >= 11 is 5.23. The van der Waals surface area contributed by atoms with Gasteiger partial charge in [0.15, 0.2) is 0 Å². The molecule has 1 aromatic carbocycles. The molecule has 0 atom stereocenters. The normalized spacial score (nSPS) is 12.3. The number of anilines is 1. The van der Waals surface area contributed by atoms with Crippen LogP contribution >= 0.6 is 12.2 Å². The van der Waals surface area contributed by atoms with Gasteiger partial charge in [0.1, 0.15) is 0 Å². The van der Waals surface area contributed by atoms with Crippen molar-refractivity contribution >= 4 is 17.9 Å². The van der Waals surface area contributed by atoms with Gasteiger partial charge in [0.2, 0.25) is 5.43 Å². The highest BCUT2D eigenvalue weighted by Gasteiger charge is 2.29. The van der Waals surface area contributed by atoms with Crippen molar-refractivity contribution in [3.05, 3.63) is 20.3 Å². The van der Waals surface area contributed by atoms with E-state index in [4.69, 9.17) is 12.2 Å². The highest BCUT2D eigenvalue weighted by Crippen LogP contribution is 2.32. The topological polar surface area (TPSA) is 23.6 Å². The SMILES string of the molecule is CCCN(CC)CCN(C)c1c(C(C)(C)C)c(=S)c1=O. The Bertz CT molecular complexity index is 509. The van der Waals surface area contributed by atoms with E-state index >= 15 is 0 Å². The average Bonchev–Trinajstić information content (AvgIpc) is 2.37. The molecule has 0 bridgehead atoms. The van der Waals surface area contributed by atoms with E-state index in [1.807, 2.05) is 7.05 Å². The molecule has 1 aromatic rings. The molecule has 0 aliphatic rings. The minimum Gasteiger partial charge on any atom is -0.370 e. The van der Waals surface area contributed by atoms with Gasteiger partial charge < -0.3 is 9.80 Å². The summed E-state index contributed by atoms with van der Waals surface area (Å²) in [6.45, 7) is 14.7. The summed E-state index contributed by atoms with van der Waals surface area (Å²) in [4.78, 5) is 16.5. The summed E-state index contributed by atoms with van der Waals surface area (Å²) in [6, 6.07) is 0. The molecule has 0 radical (unpaired) electrons. The Hall–Kier alpha value is -0.740. The van der Waals surface area contributed by atoms with Crippen LogP contribution in [0.3, 0.4) is 0 Å². The van der Waals surface area contributed by atoms with Gasteiger partial charge in [-0.3, -0.25) is 4.79 Å². The zero-order valence-corrected chi connectivity index (χ0v) is 14.6. The average molecular weight is 296 g/mol. The summed E-state index contributed by atoms with van der Waals surface area (Å²) in [5, 5.41) is 0. The number of hydrogen-bond donors (Lipinski definition) is 0. The van der Waals surface area contributed by atoms with Crippen LogP contribution in [-0.2, 0) is 5.41 Å². The molecule has 0 saturated heterocycles. The Morgan fingerprint density at radius 3 is 2.15 bits per heavy atom. The molecular weight excluding hydrogens is 268 g/mol. The van der Waals surface area contributed by atoms with E-state index in [9.17, 15) is 4.79 Å². The largest absolute Gasteiger partial charge is 0.370 e. The molecular formula is C16H28N2OS. The summed E-state index contributed by atoms with van der Waals surface area (Å²) in [5.41, 5.74) is 1.88. The second-order valence-corrected chi connectivity index (χ2v) is 6.90. The molecule has 0 fully saturated rings. The lowest BCUT2D eigenvalue weighted by Gasteiger charge is -2.32. The molecule has 0 amide bonds. The third-order valence-corrected chi connectivity index (χ3v) is 4.15. The maximum Gasteiger partial charge on any atom is 0.220 e. The quantitative estimate of drug-likeness (QED) is 0.721. The van der Waals surface area contributed by atoms with Gasteiger partial charge in [0, 0.05) is 25.7 Å². The number of hydrogen-bond acceptors (Lipinski definition) is 4. The molecule has 0 saturated carbocycles. The van der Waals surface area contributed by atoms with Crippen molar-refractivity contribution in [2.75, 3.05) is 38.1 Å². The highest BCUT2D eigenvalue weighted by molar-refractivity contribution is 7.71. The number of rotatable bonds is 7. The summed E-state index contributed by atoms with van der Waals surface area (Å²) < 4.78 is 0.528. The van der Waals surface area contributed by atoms with E-state index in [1.165, 1.54) is 0 Å². The smallest absolute Gasteiger partial charge is 0.220 e.